The largest absolute Gasteiger partial charge is 0.357 e. The van der Waals surface area contributed by atoms with E-state index in [1.54, 1.807) is 11.3 Å². The molecule has 0 aliphatic rings. The molecule has 0 radical (unpaired) electrons. The van der Waals surface area contributed by atoms with Crippen molar-refractivity contribution < 1.29 is 0 Å². The summed E-state index contributed by atoms with van der Waals surface area (Å²) in [4.78, 5) is 10.2. The van der Waals surface area contributed by atoms with Gasteiger partial charge in [0.15, 0.2) is 5.96 Å². The van der Waals surface area contributed by atoms with Crippen LogP contribution < -0.4 is 10.6 Å². The summed E-state index contributed by atoms with van der Waals surface area (Å²) in [6.07, 6.45) is 1.90. The number of nitrogens with one attached hydrogen (secondary N) is 2. The molecule has 0 unspecified atom stereocenters. The molecule has 0 amide bonds. The molecule has 7 heteroatoms. The molecule has 120 valence electrons. The lowest BCUT2D eigenvalue weighted by Crippen LogP contribution is -2.36. The van der Waals surface area contributed by atoms with Gasteiger partial charge in [-0.25, -0.2) is 9.98 Å². The van der Waals surface area contributed by atoms with Crippen LogP contribution in [0.15, 0.2) is 39.9 Å². The minimum absolute atomic E-state index is 0. The molecule has 22 heavy (non-hydrogen) atoms. The zero-order valence-corrected chi connectivity index (χ0v) is 17.3. The fourth-order valence-electron chi connectivity index (χ4n) is 1.79. The van der Waals surface area contributed by atoms with Crippen LogP contribution in [0.3, 0.4) is 0 Å². The Morgan fingerprint density at radius 2 is 2.18 bits per heavy atom. The number of halogens is 2. The van der Waals surface area contributed by atoms with Crippen molar-refractivity contribution in [2.75, 3.05) is 6.54 Å². The van der Waals surface area contributed by atoms with Crippen LogP contribution in [-0.4, -0.2) is 17.5 Å². The van der Waals surface area contributed by atoms with E-state index in [4.69, 9.17) is 0 Å². The summed E-state index contributed by atoms with van der Waals surface area (Å²) < 4.78 is 1.08. The summed E-state index contributed by atoms with van der Waals surface area (Å²) >= 11 is 5.18. The van der Waals surface area contributed by atoms with Crippen LogP contribution in [0, 0.1) is 6.92 Å². The van der Waals surface area contributed by atoms with Crippen molar-refractivity contribution >= 4 is 57.2 Å². The standard InChI is InChI=1S/C15H19BrN4S.HI/c1-3-17-15(20-10-14-18-8-11(2)21-14)19-9-12-5-4-6-13(16)7-12;/h4-8H,3,9-10H2,1-2H3,(H2,17,19,20);1H. The van der Waals surface area contributed by atoms with Crippen LogP contribution in [0.5, 0.6) is 0 Å². The third-order valence-electron chi connectivity index (χ3n) is 2.73. The first-order chi connectivity index (χ1) is 10.2. The van der Waals surface area contributed by atoms with Crippen LogP contribution in [0.25, 0.3) is 0 Å². The molecule has 0 atom stereocenters. The molecule has 2 N–H and O–H groups in total. The molecule has 0 fully saturated rings. The van der Waals surface area contributed by atoms with Crippen molar-refractivity contribution in [2.24, 2.45) is 4.99 Å². The lowest BCUT2D eigenvalue weighted by Gasteiger charge is -2.10. The number of hydrogen-bond acceptors (Lipinski definition) is 3. The molecule has 4 nitrogen and oxygen atoms in total. The van der Waals surface area contributed by atoms with Gasteiger partial charge in [-0.1, -0.05) is 28.1 Å². The van der Waals surface area contributed by atoms with Gasteiger partial charge in [-0.15, -0.1) is 35.3 Å². The van der Waals surface area contributed by atoms with Crippen molar-refractivity contribution in [3.63, 3.8) is 0 Å². The van der Waals surface area contributed by atoms with E-state index >= 15 is 0 Å². The number of aromatic nitrogens is 1. The van der Waals surface area contributed by atoms with Crippen molar-refractivity contribution in [2.45, 2.75) is 26.9 Å². The molecule has 0 spiro atoms. The maximum Gasteiger partial charge on any atom is 0.191 e. The Morgan fingerprint density at radius 1 is 1.36 bits per heavy atom. The number of benzene rings is 1. The molecular weight excluding hydrogens is 475 g/mol. The van der Waals surface area contributed by atoms with Gasteiger partial charge in [0, 0.05) is 22.1 Å². The zero-order valence-electron chi connectivity index (χ0n) is 12.6. The third kappa shape index (κ3) is 6.62. The Morgan fingerprint density at radius 3 is 2.82 bits per heavy atom. The highest BCUT2D eigenvalue weighted by atomic mass is 127. The minimum Gasteiger partial charge on any atom is -0.357 e. The van der Waals surface area contributed by atoms with Crippen molar-refractivity contribution in [3.8, 4) is 0 Å². The fourth-order valence-corrected chi connectivity index (χ4v) is 2.96. The van der Waals surface area contributed by atoms with Crippen molar-refractivity contribution in [1.82, 2.24) is 15.6 Å². The lowest BCUT2D eigenvalue weighted by atomic mass is 10.2. The first kappa shape index (κ1) is 19.4. The first-order valence-electron chi connectivity index (χ1n) is 6.85. The number of nitrogens with zero attached hydrogens (tertiary/aromatic N) is 2. The smallest absolute Gasteiger partial charge is 0.191 e. The molecule has 0 bridgehead atoms. The topological polar surface area (TPSA) is 49.3 Å². The minimum atomic E-state index is 0. The molecule has 0 saturated carbocycles. The molecule has 1 aromatic heterocycles. The number of hydrogen-bond donors (Lipinski definition) is 2. The van der Waals surface area contributed by atoms with Gasteiger partial charge < -0.3 is 10.6 Å². The number of aryl methyl sites for hydroxylation is 1. The molecule has 1 heterocycles. The highest BCUT2D eigenvalue weighted by Crippen LogP contribution is 2.12. The molecule has 1 aromatic carbocycles. The summed E-state index contributed by atoms with van der Waals surface area (Å²) in [5.74, 6) is 0.810. The van der Waals surface area contributed by atoms with Crippen LogP contribution in [0.2, 0.25) is 0 Å². The van der Waals surface area contributed by atoms with E-state index in [0.717, 1.165) is 22.0 Å². The SMILES string of the molecule is CCNC(=NCc1cccc(Br)c1)NCc1ncc(C)s1.I. The molecule has 2 rings (SSSR count). The van der Waals surface area contributed by atoms with Crippen LogP contribution >= 0.6 is 51.2 Å². The van der Waals surface area contributed by atoms with Gasteiger partial charge >= 0.3 is 0 Å². The number of thiazole rings is 1. The van der Waals surface area contributed by atoms with Gasteiger partial charge in [0.25, 0.3) is 0 Å². The second-order valence-electron chi connectivity index (χ2n) is 4.54. The van der Waals surface area contributed by atoms with E-state index in [-0.39, 0.29) is 24.0 Å². The number of guanidine groups is 1. The van der Waals surface area contributed by atoms with Gasteiger partial charge in [0.1, 0.15) is 5.01 Å². The maximum atomic E-state index is 4.60. The second-order valence-corrected chi connectivity index (χ2v) is 6.78. The van der Waals surface area contributed by atoms with Gasteiger partial charge in [0.05, 0.1) is 13.1 Å². The Hall–Kier alpha value is -0.670. The predicted molar refractivity (Wildman–Crippen MR) is 108 cm³/mol. The molecular formula is C15H20BrIN4S. The zero-order chi connectivity index (χ0) is 15.1. The lowest BCUT2D eigenvalue weighted by molar-refractivity contribution is 0.811. The monoisotopic (exact) mass is 494 g/mol. The van der Waals surface area contributed by atoms with Gasteiger partial charge in [-0.3, -0.25) is 0 Å². The van der Waals surface area contributed by atoms with E-state index in [1.165, 1.54) is 10.4 Å². The average Bonchev–Trinajstić information content (AvgIpc) is 2.88. The third-order valence-corrected chi connectivity index (χ3v) is 4.14. The second kappa shape index (κ2) is 10.2. The van der Waals surface area contributed by atoms with Gasteiger partial charge in [0.2, 0.25) is 0 Å². The number of aliphatic imine (C=N–C) groups is 1. The quantitative estimate of drug-likeness (QED) is 0.374. The van der Waals surface area contributed by atoms with E-state index in [2.05, 4.69) is 62.5 Å². The number of rotatable bonds is 5. The van der Waals surface area contributed by atoms with Gasteiger partial charge in [-0.2, -0.15) is 0 Å². The van der Waals surface area contributed by atoms with E-state index in [9.17, 15) is 0 Å². The summed E-state index contributed by atoms with van der Waals surface area (Å²) in [6.45, 7) is 6.30. The Balaban J connectivity index is 0.00000242. The van der Waals surface area contributed by atoms with Crippen molar-refractivity contribution in [3.05, 3.63) is 50.4 Å². The van der Waals surface area contributed by atoms with Crippen LogP contribution in [0.4, 0.5) is 0 Å². The average molecular weight is 495 g/mol. The molecule has 0 aliphatic carbocycles. The molecule has 2 aromatic rings. The predicted octanol–water partition coefficient (Wildman–Crippen LogP) is 4.09. The highest BCUT2D eigenvalue weighted by molar-refractivity contribution is 14.0. The highest BCUT2D eigenvalue weighted by Gasteiger charge is 2.01. The molecule has 0 aliphatic heterocycles. The van der Waals surface area contributed by atoms with E-state index in [0.29, 0.717) is 13.1 Å². The Labute approximate surface area is 161 Å². The van der Waals surface area contributed by atoms with Crippen LogP contribution in [0.1, 0.15) is 22.4 Å². The van der Waals surface area contributed by atoms with E-state index < -0.39 is 0 Å². The van der Waals surface area contributed by atoms with E-state index in [1.807, 2.05) is 18.3 Å². The summed E-state index contributed by atoms with van der Waals surface area (Å²) in [5.41, 5.74) is 1.17. The Kier molecular flexibility index (Phi) is 8.96. The fraction of sp³-hybridized carbons (Fsp3) is 0.333. The first-order valence-corrected chi connectivity index (χ1v) is 8.46. The van der Waals surface area contributed by atoms with Crippen LogP contribution in [-0.2, 0) is 13.1 Å². The molecule has 0 saturated heterocycles. The summed E-state index contributed by atoms with van der Waals surface area (Å²) in [7, 11) is 0. The van der Waals surface area contributed by atoms with Gasteiger partial charge in [-0.05, 0) is 31.5 Å². The summed E-state index contributed by atoms with van der Waals surface area (Å²) in [5, 5.41) is 7.63. The van der Waals surface area contributed by atoms with Crippen molar-refractivity contribution in [1.29, 1.82) is 0 Å². The normalized spacial score (nSPS) is 11.0. The summed E-state index contributed by atoms with van der Waals surface area (Å²) in [6, 6.07) is 8.19. The Bertz CT molecular complexity index is 615. The maximum absolute atomic E-state index is 4.60.